The lowest BCUT2D eigenvalue weighted by Crippen LogP contribution is -2.29. The lowest BCUT2D eigenvalue weighted by atomic mass is 10.0. The fraction of sp³-hybridized carbons (Fsp3) is 0.385. The van der Waals surface area contributed by atoms with Crippen molar-refractivity contribution < 1.29 is 23.4 Å². The molecule has 1 aliphatic heterocycles. The second kappa shape index (κ2) is 5.23. The van der Waals surface area contributed by atoms with Crippen molar-refractivity contribution >= 4 is 0 Å². The highest BCUT2D eigenvalue weighted by Gasteiger charge is 2.65. The molecular formula is C13H11F3N2O2. The number of hydrogen-bond acceptors (Lipinski definition) is 4. The van der Waals surface area contributed by atoms with Crippen molar-refractivity contribution in [2.45, 2.75) is 24.4 Å². The van der Waals surface area contributed by atoms with Crippen molar-refractivity contribution in [3.05, 3.63) is 35.4 Å². The Hall–Kier alpha value is -1.91. The smallest absolute Gasteiger partial charge is 0.394 e. The summed E-state index contributed by atoms with van der Waals surface area (Å²) in [6, 6.07) is 5.43. The highest BCUT2D eigenvalue weighted by molar-refractivity contribution is 5.39. The molecule has 0 amide bonds. The van der Waals surface area contributed by atoms with Gasteiger partial charge in [-0.05, 0) is 12.1 Å². The van der Waals surface area contributed by atoms with Crippen LogP contribution >= 0.6 is 0 Å². The van der Waals surface area contributed by atoms with Crippen molar-refractivity contribution in [3.63, 3.8) is 0 Å². The SMILES string of the molecule is OC[C@@H](O)CC#Cc1ccc(C2(C(F)(F)F)N=N2)cc1. The molecule has 0 radical (unpaired) electrons. The van der Waals surface area contributed by atoms with Crippen molar-refractivity contribution in [2.75, 3.05) is 6.61 Å². The van der Waals surface area contributed by atoms with Crippen LogP contribution in [0.15, 0.2) is 34.5 Å². The van der Waals surface area contributed by atoms with E-state index in [1.54, 1.807) is 0 Å². The minimum Gasteiger partial charge on any atom is -0.394 e. The summed E-state index contributed by atoms with van der Waals surface area (Å²) in [5, 5.41) is 23.9. The van der Waals surface area contributed by atoms with Crippen molar-refractivity contribution in [1.29, 1.82) is 0 Å². The third-order valence-corrected chi connectivity index (χ3v) is 2.76. The Labute approximate surface area is 113 Å². The first kappa shape index (κ1) is 14.5. The molecule has 20 heavy (non-hydrogen) atoms. The Kier molecular flexibility index (Phi) is 3.79. The molecule has 2 rings (SSSR count). The van der Waals surface area contributed by atoms with Gasteiger partial charge < -0.3 is 10.2 Å². The number of aliphatic hydroxyl groups is 2. The second-order valence-electron chi connectivity index (χ2n) is 4.29. The molecule has 1 atom stereocenters. The van der Waals surface area contributed by atoms with Gasteiger partial charge in [-0.1, -0.05) is 24.0 Å². The van der Waals surface area contributed by atoms with Gasteiger partial charge >= 0.3 is 11.8 Å². The number of benzene rings is 1. The topological polar surface area (TPSA) is 65.2 Å². The number of halogens is 3. The Morgan fingerprint density at radius 3 is 2.25 bits per heavy atom. The van der Waals surface area contributed by atoms with E-state index < -0.39 is 17.9 Å². The van der Waals surface area contributed by atoms with E-state index in [0.717, 1.165) is 0 Å². The van der Waals surface area contributed by atoms with E-state index in [1.165, 1.54) is 24.3 Å². The molecule has 0 saturated carbocycles. The third-order valence-electron chi connectivity index (χ3n) is 2.76. The molecule has 0 aliphatic carbocycles. The molecule has 7 heteroatoms. The highest BCUT2D eigenvalue weighted by Crippen LogP contribution is 2.52. The van der Waals surface area contributed by atoms with Gasteiger partial charge in [0.15, 0.2) is 0 Å². The average molecular weight is 284 g/mol. The van der Waals surface area contributed by atoms with E-state index in [9.17, 15) is 13.2 Å². The molecule has 1 aromatic carbocycles. The quantitative estimate of drug-likeness (QED) is 0.833. The molecule has 0 unspecified atom stereocenters. The molecule has 0 aromatic heterocycles. The van der Waals surface area contributed by atoms with Gasteiger partial charge in [-0.15, -0.1) is 10.2 Å². The van der Waals surface area contributed by atoms with Crippen molar-refractivity contribution in [2.24, 2.45) is 10.2 Å². The van der Waals surface area contributed by atoms with E-state index >= 15 is 0 Å². The molecule has 0 saturated heterocycles. The molecule has 0 bridgehead atoms. The highest BCUT2D eigenvalue weighted by atomic mass is 19.4. The van der Waals surface area contributed by atoms with Crippen LogP contribution in [0.4, 0.5) is 13.2 Å². The zero-order valence-electron chi connectivity index (χ0n) is 10.2. The van der Waals surface area contributed by atoms with Crippen LogP contribution in [0, 0.1) is 11.8 Å². The summed E-state index contributed by atoms with van der Waals surface area (Å²) in [4.78, 5) is 0. The first-order chi connectivity index (χ1) is 9.39. The standard InChI is InChI=1S/C13H11F3N2O2/c14-13(15,16)12(17-18-12)10-6-4-9(5-7-10)2-1-3-11(20)8-19/h4-7,11,19-20H,3,8H2/t11-/m0/s1. The summed E-state index contributed by atoms with van der Waals surface area (Å²) in [6.07, 6.45) is -5.36. The summed E-state index contributed by atoms with van der Waals surface area (Å²) in [5.74, 6) is 5.31. The van der Waals surface area contributed by atoms with Crippen molar-refractivity contribution in [1.82, 2.24) is 0 Å². The van der Waals surface area contributed by atoms with Crippen LogP contribution in [-0.4, -0.2) is 29.1 Å². The Morgan fingerprint density at radius 1 is 1.20 bits per heavy atom. The van der Waals surface area contributed by atoms with Crippen LogP contribution in [0.25, 0.3) is 0 Å². The summed E-state index contributed by atoms with van der Waals surface area (Å²) >= 11 is 0. The van der Waals surface area contributed by atoms with Gasteiger partial charge in [-0.25, -0.2) is 0 Å². The second-order valence-corrected chi connectivity index (χ2v) is 4.29. The summed E-state index contributed by atoms with van der Waals surface area (Å²) in [5.41, 5.74) is -1.95. The van der Waals surface area contributed by atoms with Crippen LogP contribution < -0.4 is 0 Å². The van der Waals surface area contributed by atoms with Gasteiger partial charge in [-0.2, -0.15) is 13.2 Å². The van der Waals surface area contributed by atoms with Gasteiger partial charge in [0.25, 0.3) is 0 Å². The van der Waals surface area contributed by atoms with Gasteiger partial charge in [0, 0.05) is 17.5 Å². The summed E-state index contributed by atoms with van der Waals surface area (Å²) in [7, 11) is 0. The Bertz CT molecular complexity index is 564. The Balaban J connectivity index is 2.08. The molecule has 1 aliphatic rings. The van der Waals surface area contributed by atoms with Crippen LogP contribution in [0.3, 0.4) is 0 Å². The van der Waals surface area contributed by atoms with E-state index in [1.807, 2.05) is 0 Å². The largest absolute Gasteiger partial charge is 0.442 e. The van der Waals surface area contributed by atoms with Gasteiger partial charge in [0.1, 0.15) is 0 Å². The van der Waals surface area contributed by atoms with Gasteiger partial charge in [0.05, 0.1) is 12.7 Å². The predicted molar refractivity (Wildman–Crippen MR) is 63.6 cm³/mol. The number of hydrogen-bond donors (Lipinski definition) is 2. The lowest BCUT2D eigenvalue weighted by molar-refractivity contribution is -0.166. The first-order valence-electron chi connectivity index (χ1n) is 5.78. The fourth-order valence-electron chi connectivity index (χ4n) is 1.56. The van der Waals surface area contributed by atoms with E-state index in [4.69, 9.17) is 10.2 Å². The van der Waals surface area contributed by atoms with Crippen LogP contribution in [-0.2, 0) is 5.66 Å². The third kappa shape index (κ3) is 2.81. The number of aliphatic hydroxyl groups excluding tert-OH is 2. The van der Waals surface area contributed by atoms with Gasteiger partial charge in [-0.3, -0.25) is 0 Å². The number of nitrogens with zero attached hydrogens (tertiary/aromatic N) is 2. The van der Waals surface area contributed by atoms with E-state index in [0.29, 0.717) is 5.56 Å². The van der Waals surface area contributed by atoms with Gasteiger partial charge in [0.2, 0.25) is 0 Å². The zero-order chi connectivity index (χ0) is 14.8. The van der Waals surface area contributed by atoms with Crippen LogP contribution in [0.1, 0.15) is 17.5 Å². The average Bonchev–Trinajstić information content (AvgIpc) is 3.20. The van der Waals surface area contributed by atoms with Crippen LogP contribution in [0.2, 0.25) is 0 Å². The van der Waals surface area contributed by atoms with Crippen LogP contribution in [0.5, 0.6) is 0 Å². The number of rotatable bonds is 3. The molecular weight excluding hydrogens is 273 g/mol. The zero-order valence-corrected chi connectivity index (χ0v) is 10.2. The lowest BCUT2D eigenvalue weighted by Gasteiger charge is -2.14. The first-order valence-corrected chi connectivity index (χ1v) is 5.78. The Morgan fingerprint density at radius 2 is 1.80 bits per heavy atom. The fourth-order valence-corrected chi connectivity index (χ4v) is 1.56. The van der Waals surface area contributed by atoms with E-state index in [2.05, 4.69) is 22.1 Å². The minimum absolute atomic E-state index is 0.0501. The maximum Gasteiger partial charge on any atom is 0.442 e. The molecule has 2 N–H and O–H groups in total. The maximum atomic E-state index is 12.7. The minimum atomic E-state index is -4.54. The molecule has 106 valence electrons. The maximum absolute atomic E-state index is 12.7. The predicted octanol–water partition coefficient (Wildman–Crippen LogP) is 1.96. The molecule has 0 spiro atoms. The molecule has 0 fully saturated rings. The molecule has 1 heterocycles. The van der Waals surface area contributed by atoms with Crippen molar-refractivity contribution in [3.8, 4) is 11.8 Å². The monoisotopic (exact) mass is 284 g/mol. The van der Waals surface area contributed by atoms with E-state index in [-0.39, 0.29) is 18.6 Å². The molecule has 4 nitrogen and oxygen atoms in total. The summed E-state index contributed by atoms with van der Waals surface area (Å²) < 4.78 is 38.2. The number of alkyl halides is 3. The molecule has 1 aromatic rings. The normalized spacial score (nSPS) is 17.2. The summed E-state index contributed by atoms with van der Waals surface area (Å²) in [6.45, 7) is -0.384.